The highest BCUT2D eigenvalue weighted by atomic mass is 14.8. The summed E-state index contributed by atoms with van der Waals surface area (Å²) in [7, 11) is 0. The van der Waals surface area contributed by atoms with Crippen LogP contribution in [0.5, 0.6) is 0 Å². The van der Waals surface area contributed by atoms with Gasteiger partial charge in [-0.05, 0) is 25.7 Å². The number of unbranched alkanes of at least 4 members (excludes halogenated alkanes) is 7. The second-order valence-electron chi connectivity index (χ2n) is 5.36. The third-order valence-corrected chi connectivity index (χ3v) is 3.82. The van der Waals surface area contributed by atoms with Crippen LogP contribution in [0.2, 0.25) is 0 Å². The molecule has 1 radical (unpaired) electrons. The maximum absolute atomic E-state index is 8.03. The lowest BCUT2D eigenvalue weighted by atomic mass is 9.74. The first-order valence-electron chi connectivity index (χ1n) is 7.02. The molecule has 0 aromatic heterocycles. The molecule has 0 saturated heterocycles. The van der Waals surface area contributed by atoms with Crippen LogP contribution in [0.3, 0.4) is 0 Å². The van der Waals surface area contributed by atoms with Crippen LogP contribution in [0.25, 0.3) is 0 Å². The predicted octanol–water partition coefficient (Wildman–Crippen LogP) is 4.72. The summed E-state index contributed by atoms with van der Waals surface area (Å²) in [6.07, 6.45) is 15.9. The lowest BCUT2D eigenvalue weighted by Gasteiger charge is -2.37. The van der Waals surface area contributed by atoms with Crippen LogP contribution in [0.4, 0.5) is 0 Å². The Labute approximate surface area is 95.8 Å². The fourth-order valence-electron chi connectivity index (χ4n) is 2.45. The molecule has 1 nitrogen and oxygen atoms in total. The average Bonchev–Trinajstić information content (AvgIpc) is 2.19. The zero-order valence-electron chi connectivity index (χ0n) is 10.5. The van der Waals surface area contributed by atoms with Gasteiger partial charge < -0.3 is 0 Å². The molecule has 89 valence electrons. The van der Waals surface area contributed by atoms with Crippen molar-refractivity contribution in [3.05, 3.63) is 0 Å². The molecule has 1 fully saturated rings. The number of rotatable bonds is 9. The van der Waals surface area contributed by atoms with Crippen molar-refractivity contribution in [3.63, 3.8) is 0 Å². The quantitative estimate of drug-likeness (QED) is 0.492. The molecule has 0 aliphatic heterocycles. The standard InChI is InChI=1S/C14H28N/c1-2-3-4-5-6-7-8-9-11-14(15)12-10-13-14/h15H,2-13H2,1H3. The van der Waals surface area contributed by atoms with Gasteiger partial charge >= 0.3 is 0 Å². The number of hydrogen-bond acceptors (Lipinski definition) is 0. The highest BCUT2D eigenvalue weighted by Crippen LogP contribution is 2.35. The Morgan fingerprint density at radius 2 is 1.40 bits per heavy atom. The fraction of sp³-hybridized carbons (Fsp3) is 1.00. The summed E-state index contributed by atoms with van der Waals surface area (Å²) in [6.45, 7) is 2.27. The summed E-state index contributed by atoms with van der Waals surface area (Å²) in [5.74, 6) is 0. The molecule has 0 bridgehead atoms. The van der Waals surface area contributed by atoms with Crippen molar-refractivity contribution >= 4 is 0 Å². The van der Waals surface area contributed by atoms with E-state index in [2.05, 4.69) is 6.92 Å². The maximum Gasteiger partial charge on any atom is 0.0324 e. The Morgan fingerprint density at radius 3 is 1.87 bits per heavy atom. The van der Waals surface area contributed by atoms with Gasteiger partial charge in [-0.1, -0.05) is 58.3 Å². The summed E-state index contributed by atoms with van der Waals surface area (Å²) in [5.41, 5.74) is 8.05. The number of hydrogen-bond donors (Lipinski definition) is 0. The van der Waals surface area contributed by atoms with E-state index in [0.717, 1.165) is 0 Å². The lowest BCUT2D eigenvalue weighted by molar-refractivity contribution is 0.214. The van der Waals surface area contributed by atoms with E-state index in [1.807, 2.05) is 0 Å². The molecule has 0 aromatic rings. The fourth-order valence-corrected chi connectivity index (χ4v) is 2.45. The summed E-state index contributed by atoms with van der Waals surface area (Å²) in [6, 6.07) is 0. The SMILES string of the molecule is CCCCCCCCCCC1([NH])CCC1. The Bertz CT molecular complexity index is 149. The van der Waals surface area contributed by atoms with E-state index in [4.69, 9.17) is 5.73 Å². The third-order valence-electron chi connectivity index (χ3n) is 3.82. The molecule has 0 aromatic carbocycles. The van der Waals surface area contributed by atoms with Gasteiger partial charge in [0.1, 0.15) is 0 Å². The van der Waals surface area contributed by atoms with E-state index in [0.29, 0.717) is 0 Å². The smallest absolute Gasteiger partial charge is 0.0324 e. The van der Waals surface area contributed by atoms with Gasteiger partial charge in [-0.3, -0.25) is 5.73 Å². The van der Waals surface area contributed by atoms with Crippen LogP contribution in [0.15, 0.2) is 0 Å². The van der Waals surface area contributed by atoms with Crippen LogP contribution in [0, 0.1) is 0 Å². The molecule has 1 saturated carbocycles. The molecule has 15 heavy (non-hydrogen) atoms. The van der Waals surface area contributed by atoms with Crippen LogP contribution >= 0.6 is 0 Å². The first kappa shape index (κ1) is 13.0. The van der Waals surface area contributed by atoms with Crippen molar-refractivity contribution in [2.24, 2.45) is 0 Å². The van der Waals surface area contributed by atoms with Crippen molar-refractivity contribution < 1.29 is 0 Å². The van der Waals surface area contributed by atoms with Crippen LogP contribution in [-0.2, 0) is 0 Å². The first-order chi connectivity index (χ1) is 7.27. The lowest BCUT2D eigenvalue weighted by Crippen LogP contribution is -2.38. The molecule has 0 spiro atoms. The highest BCUT2D eigenvalue weighted by Gasteiger charge is 2.32. The molecule has 1 heteroatoms. The molecular formula is C14H28N. The Morgan fingerprint density at radius 1 is 0.867 bits per heavy atom. The van der Waals surface area contributed by atoms with E-state index in [1.54, 1.807) is 0 Å². The molecule has 0 unspecified atom stereocenters. The molecule has 1 aliphatic carbocycles. The minimum Gasteiger partial charge on any atom is -0.251 e. The first-order valence-corrected chi connectivity index (χ1v) is 7.02. The van der Waals surface area contributed by atoms with E-state index in [-0.39, 0.29) is 5.54 Å². The van der Waals surface area contributed by atoms with Gasteiger partial charge in [0, 0.05) is 5.54 Å². The molecule has 1 aliphatic rings. The van der Waals surface area contributed by atoms with Gasteiger partial charge in [0.05, 0.1) is 0 Å². The van der Waals surface area contributed by atoms with E-state index in [1.165, 1.54) is 77.0 Å². The monoisotopic (exact) mass is 210 g/mol. The Balaban J connectivity index is 1.77. The normalized spacial score (nSPS) is 18.8. The van der Waals surface area contributed by atoms with Gasteiger partial charge in [0.15, 0.2) is 0 Å². The number of nitrogens with one attached hydrogen (secondary N) is 1. The second-order valence-corrected chi connectivity index (χ2v) is 5.36. The zero-order valence-corrected chi connectivity index (χ0v) is 10.5. The van der Waals surface area contributed by atoms with E-state index < -0.39 is 0 Å². The molecule has 0 amide bonds. The molecule has 0 heterocycles. The summed E-state index contributed by atoms with van der Waals surface area (Å²) < 4.78 is 0. The third kappa shape index (κ3) is 5.55. The van der Waals surface area contributed by atoms with Crippen molar-refractivity contribution in [1.82, 2.24) is 5.73 Å². The van der Waals surface area contributed by atoms with Gasteiger partial charge in [0.2, 0.25) is 0 Å². The van der Waals surface area contributed by atoms with Crippen molar-refractivity contribution in [3.8, 4) is 0 Å². The van der Waals surface area contributed by atoms with Gasteiger partial charge in [0.25, 0.3) is 0 Å². The minimum absolute atomic E-state index is 0.0161. The molecule has 1 N–H and O–H groups in total. The predicted molar refractivity (Wildman–Crippen MR) is 66.9 cm³/mol. The zero-order chi connectivity index (χ0) is 11.0. The average molecular weight is 210 g/mol. The molecule has 1 rings (SSSR count). The highest BCUT2D eigenvalue weighted by molar-refractivity contribution is 4.91. The molecule has 0 atom stereocenters. The summed E-state index contributed by atoms with van der Waals surface area (Å²) >= 11 is 0. The van der Waals surface area contributed by atoms with Gasteiger partial charge in [-0.2, -0.15) is 0 Å². The minimum atomic E-state index is 0.0161. The largest absolute Gasteiger partial charge is 0.251 e. The van der Waals surface area contributed by atoms with Gasteiger partial charge in [-0.15, -0.1) is 0 Å². The van der Waals surface area contributed by atoms with Crippen molar-refractivity contribution in [1.29, 1.82) is 0 Å². The summed E-state index contributed by atoms with van der Waals surface area (Å²) in [4.78, 5) is 0. The van der Waals surface area contributed by atoms with Crippen molar-refractivity contribution in [2.75, 3.05) is 0 Å². The van der Waals surface area contributed by atoms with E-state index >= 15 is 0 Å². The van der Waals surface area contributed by atoms with Gasteiger partial charge in [-0.25, -0.2) is 0 Å². The van der Waals surface area contributed by atoms with Crippen LogP contribution in [-0.4, -0.2) is 5.54 Å². The van der Waals surface area contributed by atoms with Crippen LogP contribution < -0.4 is 5.73 Å². The second kappa shape index (κ2) is 7.27. The molecular weight excluding hydrogens is 182 g/mol. The Hall–Kier alpha value is -0.0400. The topological polar surface area (TPSA) is 23.8 Å². The van der Waals surface area contributed by atoms with Crippen LogP contribution in [0.1, 0.15) is 84.0 Å². The Kier molecular flexibility index (Phi) is 6.31. The maximum atomic E-state index is 8.03. The summed E-state index contributed by atoms with van der Waals surface area (Å²) in [5, 5.41) is 0. The van der Waals surface area contributed by atoms with Crippen molar-refractivity contribution in [2.45, 2.75) is 89.5 Å². The van der Waals surface area contributed by atoms with E-state index in [9.17, 15) is 0 Å².